The fourth-order valence-corrected chi connectivity index (χ4v) is 5.02. The topological polar surface area (TPSA) is 78.9 Å². The quantitative estimate of drug-likeness (QED) is 0.561. The molecule has 1 heterocycles. The first-order valence-corrected chi connectivity index (χ1v) is 11.2. The van der Waals surface area contributed by atoms with Crippen LogP contribution in [0.4, 0.5) is 0 Å². The summed E-state index contributed by atoms with van der Waals surface area (Å²) in [5, 5.41) is 9.35. The maximum Gasteiger partial charge on any atom is 0.216 e. The van der Waals surface area contributed by atoms with Crippen LogP contribution in [0.25, 0.3) is 0 Å². The molecule has 1 unspecified atom stereocenters. The normalized spacial score (nSPS) is 16.6. The van der Waals surface area contributed by atoms with Crippen LogP contribution >= 0.6 is 0 Å². The molecule has 0 saturated carbocycles. The Balaban J connectivity index is 1.59. The molecule has 0 aromatic heterocycles. The van der Waals surface area contributed by atoms with Crippen LogP contribution in [0.15, 0.2) is 54.6 Å². The van der Waals surface area contributed by atoms with Crippen LogP contribution < -0.4 is 10.2 Å². The molecular formula is C22H26N2O4S. The molecule has 1 saturated heterocycles. The van der Waals surface area contributed by atoms with E-state index in [0.29, 0.717) is 19.0 Å². The van der Waals surface area contributed by atoms with Crippen LogP contribution in [0.5, 0.6) is 5.75 Å². The molecule has 1 atom stereocenters. The van der Waals surface area contributed by atoms with Gasteiger partial charge >= 0.3 is 0 Å². The minimum absolute atomic E-state index is 0.267. The Morgan fingerprint density at radius 1 is 1.14 bits per heavy atom. The highest BCUT2D eigenvalue weighted by Gasteiger charge is 2.30. The largest absolute Gasteiger partial charge is 0.497 e. The van der Waals surface area contributed by atoms with Gasteiger partial charge in [0, 0.05) is 18.7 Å². The van der Waals surface area contributed by atoms with Crippen LogP contribution in [0.2, 0.25) is 0 Å². The van der Waals surface area contributed by atoms with Crippen molar-refractivity contribution in [3.05, 3.63) is 65.7 Å². The molecular weight excluding hydrogens is 388 g/mol. The van der Waals surface area contributed by atoms with Crippen LogP contribution in [0, 0.1) is 11.8 Å². The third-order valence-corrected chi connectivity index (χ3v) is 7.04. The predicted molar refractivity (Wildman–Crippen MR) is 112 cm³/mol. The molecule has 2 aromatic rings. The lowest BCUT2D eigenvalue weighted by molar-refractivity contribution is 0.152. The second-order valence-corrected chi connectivity index (χ2v) is 9.06. The summed E-state index contributed by atoms with van der Waals surface area (Å²) in [4.78, 5) is 0. The molecule has 0 amide bonds. The van der Waals surface area contributed by atoms with Gasteiger partial charge in [0.1, 0.15) is 11.8 Å². The zero-order valence-electron chi connectivity index (χ0n) is 16.4. The smallest absolute Gasteiger partial charge is 0.216 e. The summed E-state index contributed by atoms with van der Waals surface area (Å²) in [6.07, 6.45) is 1.52. The first-order valence-electron chi connectivity index (χ1n) is 9.60. The van der Waals surface area contributed by atoms with Gasteiger partial charge in [-0.15, -0.1) is 0 Å². The van der Waals surface area contributed by atoms with Gasteiger partial charge in [-0.05, 0) is 48.6 Å². The summed E-state index contributed by atoms with van der Waals surface area (Å²) in [5.74, 6) is 6.57. The van der Waals surface area contributed by atoms with E-state index in [2.05, 4.69) is 11.8 Å². The van der Waals surface area contributed by atoms with E-state index in [4.69, 9.17) is 4.74 Å². The number of hydroxylamine groups is 1. The molecule has 0 aliphatic carbocycles. The van der Waals surface area contributed by atoms with E-state index < -0.39 is 16.1 Å². The maximum atomic E-state index is 12.8. The van der Waals surface area contributed by atoms with Gasteiger partial charge < -0.3 is 9.94 Å². The summed E-state index contributed by atoms with van der Waals surface area (Å²) >= 11 is 0. The van der Waals surface area contributed by atoms with Crippen LogP contribution in [0.3, 0.4) is 0 Å². The number of nitrogens with one attached hydrogen (secondary N) is 1. The van der Waals surface area contributed by atoms with Gasteiger partial charge in [-0.2, -0.15) is 5.48 Å². The first-order chi connectivity index (χ1) is 14.0. The van der Waals surface area contributed by atoms with Gasteiger partial charge in [0.2, 0.25) is 10.0 Å². The summed E-state index contributed by atoms with van der Waals surface area (Å²) < 4.78 is 32.3. The Bertz CT molecular complexity index is 942. The lowest BCUT2D eigenvalue weighted by Gasteiger charge is -2.32. The molecule has 3 rings (SSSR count). The van der Waals surface area contributed by atoms with E-state index in [1.165, 1.54) is 9.87 Å². The number of benzene rings is 2. The number of nitrogens with zero attached hydrogens (tertiary/aromatic N) is 1. The van der Waals surface area contributed by atoms with Gasteiger partial charge in [0.25, 0.3) is 0 Å². The summed E-state index contributed by atoms with van der Waals surface area (Å²) in [6, 6.07) is 16.4. The van der Waals surface area contributed by atoms with Gasteiger partial charge in [-0.3, -0.25) is 0 Å². The molecule has 1 aliphatic heterocycles. The van der Waals surface area contributed by atoms with E-state index in [1.807, 2.05) is 60.1 Å². The fraction of sp³-hybridized carbons (Fsp3) is 0.364. The van der Waals surface area contributed by atoms with Crippen molar-refractivity contribution in [2.24, 2.45) is 0 Å². The molecule has 1 aliphatic rings. The van der Waals surface area contributed by atoms with Crippen molar-refractivity contribution in [1.29, 1.82) is 0 Å². The van der Waals surface area contributed by atoms with Gasteiger partial charge in [-0.25, -0.2) is 12.7 Å². The van der Waals surface area contributed by atoms with Crippen molar-refractivity contribution in [2.75, 3.05) is 26.0 Å². The third kappa shape index (κ3) is 5.81. The Labute approximate surface area is 172 Å². The standard InChI is InChI=1S/C22H26N2O4S/c1-28-22-11-8-19(9-12-22)20-13-15-24(16-14-20)29(26,27)17-21(23-25)10-7-18-5-3-2-4-6-18/h2-6,8-9,11-12,20-21,23,25H,13-17H2,1H3. The molecule has 0 bridgehead atoms. The molecule has 2 aromatic carbocycles. The Morgan fingerprint density at radius 3 is 2.38 bits per heavy atom. The summed E-state index contributed by atoms with van der Waals surface area (Å²) in [6.45, 7) is 0.923. The van der Waals surface area contributed by atoms with E-state index in [0.717, 1.165) is 24.2 Å². The zero-order chi connectivity index (χ0) is 20.7. The SMILES string of the molecule is COc1ccc(C2CCN(S(=O)(=O)CC(C#Cc3ccccc3)NO)CC2)cc1. The number of rotatable bonds is 6. The minimum atomic E-state index is -3.53. The highest BCUT2D eigenvalue weighted by atomic mass is 32.2. The lowest BCUT2D eigenvalue weighted by atomic mass is 9.90. The third-order valence-electron chi connectivity index (χ3n) is 5.13. The maximum absolute atomic E-state index is 12.8. The van der Waals surface area contributed by atoms with E-state index >= 15 is 0 Å². The Hall–Kier alpha value is -2.37. The zero-order valence-corrected chi connectivity index (χ0v) is 17.2. The van der Waals surface area contributed by atoms with Crippen LogP contribution in [-0.4, -0.2) is 49.9 Å². The van der Waals surface area contributed by atoms with Crippen molar-refractivity contribution in [1.82, 2.24) is 9.79 Å². The van der Waals surface area contributed by atoms with Crippen molar-refractivity contribution in [2.45, 2.75) is 24.8 Å². The lowest BCUT2D eigenvalue weighted by Crippen LogP contribution is -2.43. The van der Waals surface area contributed by atoms with Crippen molar-refractivity contribution < 1.29 is 18.4 Å². The minimum Gasteiger partial charge on any atom is -0.497 e. The second kappa shape index (κ2) is 9.90. The second-order valence-electron chi connectivity index (χ2n) is 7.04. The number of ether oxygens (including phenoxy) is 1. The molecule has 0 spiro atoms. The molecule has 29 heavy (non-hydrogen) atoms. The number of hydrogen-bond acceptors (Lipinski definition) is 5. The Morgan fingerprint density at radius 2 is 1.79 bits per heavy atom. The number of hydrogen-bond donors (Lipinski definition) is 2. The molecule has 2 N–H and O–H groups in total. The van der Waals surface area contributed by atoms with Crippen LogP contribution in [-0.2, 0) is 10.0 Å². The molecule has 154 valence electrons. The van der Waals surface area contributed by atoms with Crippen LogP contribution in [0.1, 0.15) is 29.9 Å². The summed E-state index contributed by atoms with van der Waals surface area (Å²) in [5.41, 5.74) is 3.99. The van der Waals surface area contributed by atoms with Gasteiger partial charge in [0.15, 0.2) is 0 Å². The summed E-state index contributed by atoms with van der Waals surface area (Å²) in [7, 11) is -1.89. The predicted octanol–water partition coefficient (Wildman–Crippen LogP) is 2.60. The number of methoxy groups -OCH3 is 1. The van der Waals surface area contributed by atoms with E-state index in [9.17, 15) is 13.6 Å². The van der Waals surface area contributed by atoms with E-state index in [-0.39, 0.29) is 5.75 Å². The molecule has 7 heteroatoms. The Kier molecular flexibility index (Phi) is 7.29. The van der Waals surface area contributed by atoms with Gasteiger partial charge in [-0.1, -0.05) is 42.2 Å². The molecule has 0 radical (unpaired) electrons. The highest BCUT2D eigenvalue weighted by molar-refractivity contribution is 7.89. The fourth-order valence-electron chi connectivity index (χ4n) is 3.46. The highest BCUT2D eigenvalue weighted by Crippen LogP contribution is 2.30. The number of sulfonamides is 1. The average Bonchev–Trinajstić information content (AvgIpc) is 2.77. The van der Waals surface area contributed by atoms with Crippen molar-refractivity contribution >= 4 is 10.0 Å². The average molecular weight is 415 g/mol. The molecule has 1 fully saturated rings. The monoisotopic (exact) mass is 414 g/mol. The van der Waals surface area contributed by atoms with Crippen molar-refractivity contribution in [3.8, 4) is 17.6 Å². The van der Waals surface area contributed by atoms with E-state index in [1.54, 1.807) is 7.11 Å². The van der Waals surface area contributed by atoms with Crippen molar-refractivity contribution in [3.63, 3.8) is 0 Å². The van der Waals surface area contributed by atoms with Gasteiger partial charge in [0.05, 0.1) is 12.9 Å². The molecule has 6 nitrogen and oxygen atoms in total. The number of piperidine rings is 1. The first kappa shape index (κ1) is 21.3.